The Kier molecular flexibility index (Phi) is 7.80. The number of benzene rings is 2. The van der Waals surface area contributed by atoms with Gasteiger partial charge in [0.25, 0.3) is 11.6 Å². The van der Waals surface area contributed by atoms with Crippen LogP contribution in [0.4, 0.5) is 5.69 Å². The van der Waals surface area contributed by atoms with E-state index in [0.717, 1.165) is 11.1 Å². The highest BCUT2D eigenvalue weighted by Crippen LogP contribution is 2.16. The molecule has 29 heavy (non-hydrogen) atoms. The minimum atomic E-state index is -0.560. The summed E-state index contributed by atoms with van der Waals surface area (Å²) >= 11 is 4.92. The van der Waals surface area contributed by atoms with Crippen LogP contribution in [0.25, 0.3) is 6.08 Å². The molecule has 0 aliphatic carbocycles. The molecule has 0 spiro atoms. The Morgan fingerprint density at radius 1 is 1.10 bits per heavy atom. The number of carbonyl (C=O) groups excluding carboxylic acids is 2. The summed E-state index contributed by atoms with van der Waals surface area (Å²) in [6, 6.07) is 12.9. The number of non-ortho nitro benzene ring substituents is 1. The molecule has 0 unspecified atom stereocenters. The molecule has 3 N–H and O–H groups in total. The summed E-state index contributed by atoms with van der Waals surface area (Å²) in [4.78, 5) is 33.6. The van der Waals surface area contributed by atoms with Crippen molar-refractivity contribution >= 4 is 40.9 Å². The first-order chi connectivity index (χ1) is 13.8. The minimum Gasteiger partial charge on any atom is -0.484 e. The van der Waals surface area contributed by atoms with E-state index < -0.39 is 16.7 Å². The number of nitrogens with one attached hydrogen (secondary N) is 3. The lowest BCUT2D eigenvalue weighted by Crippen LogP contribution is -2.49. The Labute approximate surface area is 171 Å². The summed E-state index contributed by atoms with van der Waals surface area (Å²) < 4.78 is 5.20. The summed E-state index contributed by atoms with van der Waals surface area (Å²) in [6.07, 6.45) is 2.95. The van der Waals surface area contributed by atoms with E-state index >= 15 is 0 Å². The lowest BCUT2D eigenvalue weighted by atomic mass is 10.1. The molecule has 2 amide bonds. The first-order valence-corrected chi connectivity index (χ1v) is 8.76. The normalized spacial score (nSPS) is 10.2. The van der Waals surface area contributed by atoms with Gasteiger partial charge in [0.1, 0.15) is 5.75 Å². The predicted molar refractivity (Wildman–Crippen MR) is 111 cm³/mol. The standard InChI is InChI=1S/C19H18N4O5S/c1-13-2-4-14(5-3-13)6-11-17(24)20-19(29)22-21-18(25)12-28-16-9-7-15(8-10-16)23(26)27/h2-11H,12H2,1H3,(H,21,25)(H2,20,22,24,29). The van der Waals surface area contributed by atoms with Gasteiger partial charge in [-0.3, -0.25) is 35.9 Å². The van der Waals surface area contributed by atoms with Gasteiger partial charge in [0.15, 0.2) is 11.7 Å². The maximum atomic E-state index is 11.8. The topological polar surface area (TPSA) is 123 Å². The van der Waals surface area contributed by atoms with Gasteiger partial charge in [-0.25, -0.2) is 0 Å². The van der Waals surface area contributed by atoms with Crippen molar-refractivity contribution in [3.05, 3.63) is 75.8 Å². The number of nitro groups is 1. The Balaban J connectivity index is 1.69. The molecule has 2 aromatic rings. The molecule has 0 atom stereocenters. The Bertz CT molecular complexity index is 927. The number of hydrogen-bond donors (Lipinski definition) is 3. The van der Waals surface area contributed by atoms with Gasteiger partial charge in [-0.05, 0) is 42.9 Å². The van der Waals surface area contributed by atoms with E-state index in [2.05, 4.69) is 16.2 Å². The third-order valence-corrected chi connectivity index (χ3v) is 3.68. The third kappa shape index (κ3) is 7.77. The highest BCUT2D eigenvalue weighted by molar-refractivity contribution is 7.80. The molecule has 150 valence electrons. The quantitative estimate of drug-likeness (QED) is 0.286. The number of amides is 2. The zero-order chi connectivity index (χ0) is 21.2. The first-order valence-electron chi connectivity index (χ1n) is 8.35. The molecular weight excluding hydrogens is 396 g/mol. The molecule has 0 aliphatic rings. The molecule has 0 radical (unpaired) electrons. The van der Waals surface area contributed by atoms with E-state index in [-0.39, 0.29) is 17.4 Å². The maximum absolute atomic E-state index is 11.8. The fourth-order valence-electron chi connectivity index (χ4n) is 2.01. The van der Waals surface area contributed by atoms with Gasteiger partial charge in [0.05, 0.1) is 4.92 Å². The lowest BCUT2D eigenvalue weighted by Gasteiger charge is -2.10. The molecule has 0 saturated carbocycles. The Morgan fingerprint density at radius 3 is 2.38 bits per heavy atom. The fourth-order valence-corrected chi connectivity index (χ4v) is 2.16. The molecule has 0 fully saturated rings. The van der Waals surface area contributed by atoms with Gasteiger partial charge in [0, 0.05) is 18.2 Å². The number of ether oxygens (including phenoxy) is 1. The molecule has 10 heteroatoms. The van der Waals surface area contributed by atoms with Gasteiger partial charge >= 0.3 is 0 Å². The van der Waals surface area contributed by atoms with Crippen LogP contribution >= 0.6 is 12.2 Å². The smallest absolute Gasteiger partial charge is 0.276 e. The fraction of sp³-hybridized carbons (Fsp3) is 0.105. The van der Waals surface area contributed by atoms with E-state index in [1.165, 1.54) is 30.3 Å². The second kappa shape index (κ2) is 10.5. The molecule has 0 aromatic heterocycles. The van der Waals surface area contributed by atoms with Gasteiger partial charge in [-0.2, -0.15) is 0 Å². The highest BCUT2D eigenvalue weighted by atomic mass is 32.1. The Morgan fingerprint density at radius 2 is 1.76 bits per heavy atom. The van der Waals surface area contributed by atoms with Crippen LogP contribution in [0.5, 0.6) is 5.75 Å². The molecule has 0 saturated heterocycles. The van der Waals surface area contributed by atoms with Crippen molar-refractivity contribution in [1.29, 1.82) is 0 Å². The van der Waals surface area contributed by atoms with Crippen LogP contribution in [0.3, 0.4) is 0 Å². The highest BCUT2D eigenvalue weighted by Gasteiger charge is 2.07. The summed E-state index contributed by atoms with van der Waals surface area (Å²) in [5.74, 6) is -0.725. The second-order valence-corrected chi connectivity index (χ2v) is 6.18. The van der Waals surface area contributed by atoms with Crippen LogP contribution in [0.1, 0.15) is 11.1 Å². The predicted octanol–water partition coefficient (Wildman–Crippen LogP) is 2.02. The molecular formula is C19H18N4O5S. The van der Waals surface area contributed by atoms with Crippen LogP contribution in [0, 0.1) is 17.0 Å². The van der Waals surface area contributed by atoms with E-state index in [0.29, 0.717) is 5.75 Å². The summed E-state index contributed by atoms with van der Waals surface area (Å²) in [7, 11) is 0. The van der Waals surface area contributed by atoms with Crippen molar-refractivity contribution in [3.8, 4) is 5.75 Å². The van der Waals surface area contributed by atoms with E-state index in [1.807, 2.05) is 31.2 Å². The SMILES string of the molecule is Cc1ccc(C=CC(=O)NC(=S)NNC(=O)COc2ccc([N+](=O)[O-])cc2)cc1. The number of hydrazine groups is 1. The average Bonchev–Trinajstić information content (AvgIpc) is 2.70. The Hall–Kier alpha value is -3.79. The summed E-state index contributed by atoms with van der Waals surface area (Å²) in [5.41, 5.74) is 6.54. The molecule has 9 nitrogen and oxygen atoms in total. The monoisotopic (exact) mass is 414 g/mol. The molecule has 2 rings (SSSR count). The van der Waals surface area contributed by atoms with Gasteiger partial charge in [-0.1, -0.05) is 29.8 Å². The second-order valence-electron chi connectivity index (χ2n) is 5.78. The number of thiocarbonyl (C=S) groups is 1. The van der Waals surface area contributed by atoms with Crippen molar-refractivity contribution in [3.63, 3.8) is 0 Å². The average molecular weight is 414 g/mol. The zero-order valence-corrected chi connectivity index (χ0v) is 16.2. The van der Waals surface area contributed by atoms with Crippen molar-refractivity contribution in [1.82, 2.24) is 16.2 Å². The molecule has 0 bridgehead atoms. The van der Waals surface area contributed by atoms with E-state index in [1.54, 1.807) is 6.08 Å². The zero-order valence-electron chi connectivity index (χ0n) is 15.4. The third-order valence-electron chi connectivity index (χ3n) is 3.47. The van der Waals surface area contributed by atoms with Crippen LogP contribution in [-0.2, 0) is 9.59 Å². The molecule has 0 aliphatic heterocycles. The number of aryl methyl sites for hydroxylation is 1. The number of rotatable bonds is 6. The number of carbonyl (C=O) groups is 2. The van der Waals surface area contributed by atoms with Crippen molar-refractivity contribution < 1.29 is 19.2 Å². The molecule has 2 aromatic carbocycles. The molecule has 0 heterocycles. The number of hydrogen-bond acceptors (Lipinski definition) is 6. The van der Waals surface area contributed by atoms with Crippen LogP contribution < -0.4 is 20.9 Å². The largest absolute Gasteiger partial charge is 0.484 e. The van der Waals surface area contributed by atoms with Gasteiger partial charge in [0.2, 0.25) is 5.91 Å². The van der Waals surface area contributed by atoms with Crippen molar-refractivity contribution in [2.24, 2.45) is 0 Å². The minimum absolute atomic E-state index is 0.0824. The summed E-state index contributed by atoms with van der Waals surface area (Å²) in [5, 5.41) is 12.9. The first kappa shape index (κ1) is 21.5. The van der Waals surface area contributed by atoms with Crippen molar-refractivity contribution in [2.75, 3.05) is 6.61 Å². The van der Waals surface area contributed by atoms with E-state index in [4.69, 9.17) is 17.0 Å². The van der Waals surface area contributed by atoms with Gasteiger partial charge in [-0.15, -0.1) is 0 Å². The van der Waals surface area contributed by atoms with Crippen molar-refractivity contribution in [2.45, 2.75) is 6.92 Å². The van der Waals surface area contributed by atoms with E-state index in [9.17, 15) is 19.7 Å². The van der Waals surface area contributed by atoms with Crippen LogP contribution in [0.15, 0.2) is 54.6 Å². The van der Waals surface area contributed by atoms with Gasteiger partial charge < -0.3 is 4.74 Å². The number of nitro benzene ring substituents is 1. The lowest BCUT2D eigenvalue weighted by molar-refractivity contribution is -0.384. The maximum Gasteiger partial charge on any atom is 0.276 e. The number of nitrogens with zero attached hydrogens (tertiary/aromatic N) is 1. The van der Waals surface area contributed by atoms with Crippen LogP contribution in [-0.4, -0.2) is 28.5 Å². The summed E-state index contributed by atoms with van der Waals surface area (Å²) in [6.45, 7) is 1.62. The van der Waals surface area contributed by atoms with Crippen LogP contribution in [0.2, 0.25) is 0 Å².